The van der Waals surface area contributed by atoms with Crippen LogP contribution in [0.1, 0.15) is 5.56 Å². The fraction of sp³-hybridized carbons (Fsp3) is 0.118. The number of halogens is 2. The summed E-state index contributed by atoms with van der Waals surface area (Å²) in [5.41, 5.74) is 1.93. The van der Waals surface area contributed by atoms with Crippen molar-refractivity contribution in [2.45, 2.75) is 6.61 Å². The van der Waals surface area contributed by atoms with Crippen LogP contribution in [0.5, 0.6) is 5.75 Å². The summed E-state index contributed by atoms with van der Waals surface area (Å²) < 4.78 is 25.2. The van der Waals surface area contributed by atoms with Gasteiger partial charge in [0.15, 0.2) is 5.76 Å². The van der Waals surface area contributed by atoms with Gasteiger partial charge in [0.1, 0.15) is 17.3 Å². The van der Waals surface area contributed by atoms with E-state index in [1.165, 1.54) is 6.07 Å². The second-order valence-electron chi connectivity index (χ2n) is 4.85. The second kappa shape index (κ2) is 6.52. The molecule has 1 aromatic heterocycles. The summed E-state index contributed by atoms with van der Waals surface area (Å²) in [5.74, 6) is 0.483. The maximum absolute atomic E-state index is 14.1. The number of nitrogens with zero attached hydrogens (tertiary/aromatic N) is 1. The number of benzene rings is 2. The van der Waals surface area contributed by atoms with E-state index < -0.39 is 5.82 Å². The number of aliphatic hydroxyl groups is 1. The Morgan fingerprint density at radius 2 is 1.96 bits per heavy atom. The lowest BCUT2D eigenvalue weighted by atomic mass is 10.0. The average Bonchev–Trinajstić information content (AvgIpc) is 2.98. The molecule has 0 aliphatic heterocycles. The Morgan fingerprint density at radius 3 is 2.57 bits per heavy atom. The van der Waals surface area contributed by atoms with E-state index >= 15 is 0 Å². The summed E-state index contributed by atoms with van der Waals surface area (Å²) in [7, 11) is 1.58. The highest BCUT2D eigenvalue weighted by molar-refractivity contribution is 9.10. The molecular weight excluding hydrogens is 365 g/mol. The van der Waals surface area contributed by atoms with Crippen LogP contribution in [0.4, 0.5) is 4.39 Å². The number of methoxy groups -OCH3 is 1. The van der Waals surface area contributed by atoms with Crippen molar-refractivity contribution in [3.8, 4) is 28.3 Å². The molecule has 118 valence electrons. The molecule has 0 bridgehead atoms. The lowest BCUT2D eigenvalue weighted by molar-refractivity contribution is 0.281. The van der Waals surface area contributed by atoms with Crippen LogP contribution >= 0.6 is 15.9 Å². The predicted octanol–water partition coefficient (Wildman–Crippen LogP) is 4.41. The van der Waals surface area contributed by atoms with Gasteiger partial charge in [0.2, 0.25) is 0 Å². The van der Waals surface area contributed by atoms with E-state index in [4.69, 9.17) is 9.26 Å². The van der Waals surface area contributed by atoms with Gasteiger partial charge in [-0.25, -0.2) is 4.39 Å². The van der Waals surface area contributed by atoms with Crippen LogP contribution in [-0.2, 0) is 6.61 Å². The quantitative estimate of drug-likeness (QED) is 0.731. The molecule has 1 heterocycles. The normalized spacial score (nSPS) is 10.8. The molecule has 0 unspecified atom stereocenters. The Balaban J connectivity index is 2.09. The standard InChI is InChI=1S/C17H13BrFNO3/c1-22-12-5-2-10(3-6-12)16-14(9-21)17(23-20-16)13-7-4-11(18)8-15(13)19/h2-8,21H,9H2,1H3. The number of rotatable bonds is 4. The maximum Gasteiger partial charge on any atom is 0.175 e. The molecule has 0 radical (unpaired) electrons. The highest BCUT2D eigenvalue weighted by Gasteiger charge is 2.20. The zero-order valence-electron chi connectivity index (χ0n) is 12.2. The van der Waals surface area contributed by atoms with Crippen molar-refractivity contribution in [2.75, 3.05) is 7.11 Å². The van der Waals surface area contributed by atoms with Crippen molar-refractivity contribution in [1.29, 1.82) is 0 Å². The molecule has 0 aliphatic carbocycles. The molecule has 0 fully saturated rings. The van der Waals surface area contributed by atoms with Crippen LogP contribution < -0.4 is 4.74 Å². The maximum atomic E-state index is 14.1. The highest BCUT2D eigenvalue weighted by atomic mass is 79.9. The fourth-order valence-electron chi connectivity index (χ4n) is 2.32. The van der Waals surface area contributed by atoms with Gasteiger partial charge >= 0.3 is 0 Å². The van der Waals surface area contributed by atoms with Gasteiger partial charge in [0, 0.05) is 10.0 Å². The molecule has 4 nitrogen and oxygen atoms in total. The second-order valence-corrected chi connectivity index (χ2v) is 5.77. The van der Waals surface area contributed by atoms with Gasteiger partial charge in [0.25, 0.3) is 0 Å². The summed E-state index contributed by atoms with van der Waals surface area (Å²) in [6.45, 7) is -0.310. The molecule has 0 saturated heterocycles. The summed E-state index contributed by atoms with van der Waals surface area (Å²) >= 11 is 3.21. The largest absolute Gasteiger partial charge is 0.497 e. The predicted molar refractivity (Wildman–Crippen MR) is 87.5 cm³/mol. The first-order chi connectivity index (χ1) is 11.1. The molecule has 3 rings (SSSR count). The van der Waals surface area contributed by atoms with Crippen LogP contribution in [-0.4, -0.2) is 17.4 Å². The van der Waals surface area contributed by atoms with E-state index in [0.717, 1.165) is 5.56 Å². The molecule has 0 amide bonds. The van der Waals surface area contributed by atoms with Gasteiger partial charge in [-0.05, 0) is 42.5 Å². The Kier molecular flexibility index (Phi) is 4.45. The molecule has 23 heavy (non-hydrogen) atoms. The van der Waals surface area contributed by atoms with Gasteiger partial charge in [-0.3, -0.25) is 0 Å². The van der Waals surface area contributed by atoms with Crippen LogP contribution in [0.3, 0.4) is 0 Å². The van der Waals surface area contributed by atoms with E-state index in [1.807, 2.05) is 0 Å². The third-order valence-corrected chi connectivity index (χ3v) is 3.98. The molecule has 1 N–H and O–H groups in total. The van der Waals surface area contributed by atoms with Gasteiger partial charge in [-0.2, -0.15) is 0 Å². The smallest absolute Gasteiger partial charge is 0.175 e. The van der Waals surface area contributed by atoms with Crippen LogP contribution in [0.25, 0.3) is 22.6 Å². The third-order valence-electron chi connectivity index (χ3n) is 3.49. The first-order valence-corrected chi connectivity index (χ1v) is 7.62. The summed E-state index contributed by atoms with van der Waals surface area (Å²) in [4.78, 5) is 0. The van der Waals surface area contributed by atoms with Crippen molar-refractivity contribution in [3.05, 3.63) is 58.3 Å². The summed E-state index contributed by atoms with van der Waals surface area (Å²) in [6.07, 6.45) is 0. The monoisotopic (exact) mass is 377 g/mol. The van der Waals surface area contributed by atoms with Crippen molar-refractivity contribution >= 4 is 15.9 Å². The van der Waals surface area contributed by atoms with E-state index in [9.17, 15) is 9.50 Å². The minimum atomic E-state index is -0.452. The van der Waals surface area contributed by atoms with Crippen molar-refractivity contribution < 1.29 is 18.8 Å². The van der Waals surface area contributed by atoms with E-state index in [1.54, 1.807) is 43.5 Å². The molecular formula is C17H13BrFNO3. The number of ether oxygens (including phenoxy) is 1. The topological polar surface area (TPSA) is 55.5 Å². The molecule has 3 aromatic rings. The molecule has 2 aromatic carbocycles. The fourth-order valence-corrected chi connectivity index (χ4v) is 2.65. The van der Waals surface area contributed by atoms with E-state index in [-0.39, 0.29) is 17.9 Å². The lowest BCUT2D eigenvalue weighted by Crippen LogP contribution is -1.91. The zero-order chi connectivity index (χ0) is 16.4. The Labute approximate surface area is 140 Å². The van der Waals surface area contributed by atoms with Crippen molar-refractivity contribution in [1.82, 2.24) is 5.16 Å². The van der Waals surface area contributed by atoms with Crippen LogP contribution in [0.15, 0.2) is 51.5 Å². The summed E-state index contributed by atoms with van der Waals surface area (Å²) in [5, 5.41) is 13.7. The third kappa shape index (κ3) is 3.00. The lowest BCUT2D eigenvalue weighted by Gasteiger charge is -2.04. The van der Waals surface area contributed by atoms with Crippen molar-refractivity contribution in [3.63, 3.8) is 0 Å². The van der Waals surface area contributed by atoms with Gasteiger partial charge < -0.3 is 14.4 Å². The highest BCUT2D eigenvalue weighted by Crippen LogP contribution is 2.34. The minimum Gasteiger partial charge on any atom is -0.497 e. The van der Waals surface area contributed by atoms with Gasteiger partial charge in [-0.15, -0.1) is 0 Å². The first kappa shape index (κ1) is 15.7. The van der Waals surface area contributed by atoms with Gasteiger partial charge in [0.05, 0.1) is 24.8 Å². The molecule has 0 saturated carbocycles. The number of hydrogen-bond donors (Lipinski definition) is 1. The zero-order valence-corrected chi connectivity index (χ0v) is 13.8. The number of aliphatic hydroxyl groups excluding tert-OH is 1. The number of aromatic nitrogens is 1. The molecule has 0 spiro atoms. The SMILES string of the molecule is COc1ccc(-c2noc(-c3ccc(Br)cc3F)c2CO)cc1. The Morgan fingerprint density at radius 1 is 1.22 bits per heavy atom. The average molecular weight is 378 g/mol. The summed E-state index contributed by atoms with van der Waals surface area (Å²) in [6, 6.07) is 11.8. The van der Waals surface area contributed by atoms with E-state index in [2.05, 4.69) is 21.1 Å². The van der Waals surface area contributed by atoms with Crippen LogP contribution in [0.2, 0.25) is 0 Å². The number of hydrogen-bond acceptors (Lipinski definition) is 4. The van der Waals surface area contributed by atoms with Gasteiger partial charge in [-0.1, -0.05) is 21.1 Å². The molecule has 0 aliphatic rings. The Hall–Kier alpha value is -2.18. The Bertz CT molecular complexity index is 830. The molecule has 6 heteroatoms. The van der Waals surface area contributed by atoms with Crippen LogP contribution in [0, 0.1) is 5.82 Å². The van der Waals surface area contributed by atoms with E-state index in [0.29, 0.717) is 21.5 Å². The first-order valence-electron chi connectivity index (χ1n) is 6.83. The van der Waals surface area contributed by atoms with Crippen molar-refractivity contribution in [2.24, 2.45) is 0 Å². The minimum absolute atomic E-state index is 0.225. The molecule has 0 atom stereocenters.